The second-order valence-corrected chi connectivity index (χ2v) is 3.76. The van der Waals surface area contributed by atoms with E-state index in [0.717, 1.165) is 5.69 Å². The molecule has 0 aliphatic heterocycles. The van der Waals surface area contributed by atoms with Crippen molar-refractivity contribution in [3.05, 3.63) is 48.2 Å². The molecule has 4 N–H and O–H groups in total. The summed E-state index contributed by atoms with van der Waals surface area (Å²) in [7, 11) is 0. The maximum absolute atomic E-state index is 11.7. The summed E-state index contributed by atoms with van der Waals surface area (Å²) in [6, 6.07) is 5.67. The van der Waals surface area contributed by atoms with Crippen LogP contribution in [-0.4, -0.2) is 27.4 Å². The minimum Gasteiger partial charge on any atom is -0.350 e. The number of amides is 1. The van der Waals surface area contributed by atoms with Crippen molar-refractivity contribution in [2.24, 2.45) is 5.84 Å². The number of nitrogens with zero attached hydrogens (tertiary/aromatic N) is 3. The molecule has 0 saturated carbocycles. The number of hydrogen-bond acceptors (Lipinski definition) is 6. The number of nitrogens with two attached hydrogens (primary N) is 1. The number of pyridine rings is 1. The van der Waals surface area contributed by atoms with Crippen molar-refractivity contribution in [2.45, 2.75) is 6.42 Å². The van der Waals surface area contributed by atoms with E-state index >= 15 is 0 Å². The summed E-state index contributed by atoms with van der Waals surface area (Å²) in [5.41, 5.74) is 3.52. The summed E-state index contributed by atoms with van der Waals surface area (Å²) < 4.78 is 0. The molecule has 1 amide bonds. The van der Waals surface area contributed by atoms with Crippen LogP contribution in [-0.2, 0) is 6.42 Å². The molecule has 0 aliphatic carbocycles. The van der Waals surface area contributed by atoms with Crippen LogP contribution < -0.4 is 16.6 Å². The highest BCUT2D eigenvalue weighted by atomic mass is 16.1. The van der Waals surface area contributed by atoms with Gasteiger partial charge in [0.25, 0.3) is 5.91 Å². The molecule has 0 spiro atoms. The Morgan fingerprint density at radius 1 is 1.21 bits per heavy atom. The lowest BCUT2D eigenvalue weighted by Crippen LogP contribution is -2.27. The Balaban J connectivity index is 1.84. The van der Waals surface area contributed by atoms with E-state index in [4.69, 9.17) is 5.84 Å². The van der Waals surface area contributed by atoms with Crippen molar-refractivity contribution < 1.29 is 4.79 Å². The first kappa shape index (κ1) is 12.9. The quantitative estimate of drug-likeness (QED) is 0.520. The van der Waals surface area contributed by atoms with Gasteiger partial charge in [-0.25, -0.2) is 15.8 Å². The Labute approximate surface area is 110 Å². The molecule has 0 saturated heterocycles. The zero-order valence-corrected chi connectivity index (χ0v) is 10.2. The number of carbonyl (C=O) groups excluding carboxylic acids is 1. The fraction of sp³-hybridized carbons (Fsp3) is 0.167. The van der Waals surface area contributed by atoms with E-state index < -0.39 is 0 Å². The second kappa shape index (κ2) is 6.41. The number of rotatable bonds is 5. The van der Waals surface area contributed by atoms with Gasteiger partial charge in [0.15, 0.2) is 5.82 Å². The number of carbonyl (C=O) groups is 1. The Bertz CT molecular complexity index is 528. The van der Waals surface area contributed by atoms with Crippen LogP contribution in [0.25, 0.3) is 0 Å². The molecule has 7 nitrogen and oxygen atoms in total. The summed E-state index contributed by atoms with van der Waals surface area (Å²) in [5.74, 6) is 5.30. The van der Waals surface area contributed by atoms with Gasteiger partial charge in [0, 0.05) is 24.9 Å². The number of nitrogens with one attached hydrogen (secondary N) is 2. The van der Waals surface area contributed by atoms with Gasteiger partial charge in [-0.15, -0.1) is 0 Å². The van der Waals surface area contributed by atoms with Gasteiger partial charge in [-0.3, -0.25) is 9.78 Å². The molecule has 0 radical (unpaired) electrons. The third-order valence-corrected chi connectivity index (χ3v) is 2.43. The Hall–Kier alpha value is -2.54. The topological polar surface area (TPSA) is 106 Å². The number of anilines is 1. The van der Waals surface area contributed by atoms with E-state index in [1.54, 1.807) is 6.20 Å². The molecule has 98 valence electrons. The maximum Gasteiger partial charge on any atom is 0.271 e. The number of nitrogen functional groups attached to an aromatic ring is 1. The third-order valence-electron chi connectivity index (χ3n) is 2.43. The van der Waals surface area contributed by atoms with Crippen molar-refractivity contribution >= 4 is 11.7 Å². The smallest absolute Gasteiger partial charge is 0.271 e. The third kappa shape index (κ3) is 3.71. The van der Waals surface area contributed by atoms with Gasteiger partial charge in [-0.05, 0) is 12.1 Å². The SMILES string of the molecule is NNc1cnc(C(=O)NCCc2ccccn2)cn1. The summed E-state index contributed by atoms with van der Waals surface area (Å²) in [4.78, 5) is 23.8. The van der Waals surface area contributed by atoms with Crippen LogP contribution in [0.4, 0.5) is 5.82 Å². The average Bonchev–Trinajstić information content (AvgIpc) is 2.48. The molecule has 2 heterocycles. The van der Waals surface area contributed by atoms with Gasteiger partial charge in [0.2, 0.25) is 0 Å². The summed E-state index contributed by atoms with van der Waals surface area (Å²) >= 11 is 0. The Kier molecular flexibility index (Phi) is 4.35. The average molecular weight is 258 g/mol. The standard InChI is InChI=1S/C12H14N6O/c13-18-11-8-16-10(7-17-11)12(19)15-6-4-9-3-1-2-5-14-9/h1-3,5,7-8H,4,6,13H2,(H,15,19)(H,17,18). The first-order valence-corrected chi connectivity index (χ1v) is 5.76. The summed E-state index contributed by atoms with van der Waals surface area (Å²) in [5, 5.41) is 2.75. The van der Waals surface area contributed by atoms with Crippen molar-refractivity contribution in [1.29, 1.82) is 0 Å². The van der Waals surface area contributed by atoms with Crippen LogP contribution in [0, 0.1) is 0 Å². The van der Waals surface area contributed by atoms with Crippen LogP contribution in [0.5, 0.6) is 0 Å². The first-order valence-electron chi connectivity index (χ1n) is 5.76. The molecule has 0 aliphatic rings. The minimum atomic E-state index is -0.271. The van der Waals surface area contributed by atoms with Crippen molar-refractivity contribution in [3.63, 3.8) is 0 Å². The predicted molar refractivity (Wildman–Crippen MR) is 70.1 cm³/mol. The van der Waals surface area contributed by atoms with Gasteiger partial charge in [0.1, 0.15) is 5.69 Å². The van der Waals surface area contributed by atoms with Crippen molar-refractivity contribution in [3.8, 4) is 0 Å². The summed E-state index contributed by atoms with van der Waals surface area (Å²) in [6.45, 7) is 0.494. The maximum atomic E-state index is 11.7. The molecule has 0 bridgehead atoms. The molecule has 19 heavy (non-hydrogen) atoms. The van der Waals surface area contributed by atoms with E-state index in [1.165, 1.54) is 12.4 Å². The molecule has 0 aromatic carbocycles. The largest absolute Gasteiger partial charge is 0.350 e. The highest BCUT2D eigenvalue weighted by Gasteiger charge is 2.07. The van der Waals surface area contributed by atoms with Crippen LogP contribution in [0.1, 0.15) is 16.2 Å². The van der Waals surface area contributed by atoms with E-state index in [2.05, 4.69) is 25.7 Å². The molecule has 2 aromatic heterocycles. The van der Waals surface area contributed by atoms with Crippen molar-refractivity contribution in [2.75, 3.05) is 12.0 Å². The van der Waals surface area contributed by atoms with E-state index in [1.807, 2.05) is 18.2 Å². The normalized spacial score (nSPS) is 9.95. The van der Waals surface area contributed by atoms with E-state index in [9.17, 15) is 4.79 Å². The van der Waals surface area contributed by atoms with Crippen molar-refractivity contribution in [1.82, 2.24) is 20.3 Å². The fourth-order valence-corrected chi connectivity index (χ4v) is 1.46. The summed E-state index contributed by atoms with van der Waals surface area (Å²) in [6.07, 6.45) is 5.16. The lowest BCUT2D eigenvalue weighted by Gasteiger charge is -2.04. The zero-order valence-electron chi connectivity index (χ0n) is 10.2. The van der Waals surface area contributed by atoms with Gasteiger partial charge < -0.3 is 10.7 Å². The molecule has 7 heteroatoms. The highest BCUT2D eigenvalue weighted by Crippen LogP contribution is 1.99. The second-order valence-electron chi connectivity index (χ2n) is 3.76. The molecule has 0 atom stereocenters. The van der Waals surface area contributed by atoms with Crippen LogP contribution in [0.3, 0.4) is 0 Å². The lowest BCUT2D eigenvalue weighted by molar-refractivity contribution is 0.0948. The number of hydrogen-bond donors (Lipinski definition) is 3. The highest BCUT2D eigenvalue weighted by molar-refractivity contribution is 5.91. The van der Waals surface area contributed by atoms with Gasteiger partial charge in [0.05, 0.1) is 12.4 Å². The fourth-order valence-electron chi connectivity index (χ4n) is 1.46. The number of hydrazine groups is 1. The van der Waals surface area contributed by atoms with Crippen LogP contribution in [0.2, 0.25) is 0 Å². The van der Waals surface area contributed by atoms with Gasteiger partial charge in [-0.2, -0.15) is 0 Å². The van der Waals surface area contributed by atoms with E-state index in [0.29, 0.717) is 18.8 Å². The van der Waals surface area contributed by atoms with E-state index in [-0.39, 0.29) is 11.6 Å². The van der Waals surface area contributed by atoms with Gasteiger partial charge in [-0.1, -0.05) is 6.07 Å². The molecule has 0 unspecified atom stereocenters. The minimum absolute atomic E-state index is 0.250. The lowest BCUT2D eigenvalue weighted by atomic mass is 10.2. The van der Waals surface area contributed by atoms with Crippen LogP contribution >= 0.6 is 0 Å². The zero-order chi connectivity index (χ0) is 13.5. The first-order chi connectivity index (χ1) is 9.29. The Morgan fingerprint density at radius 2 is 2.11 bits per heavy atom. The molecule has 2 rings (SSSR count). The molecule has 2 aromatic rings. The number of aromatic nitrogens is 3. The molecular formula is C12H14N6O. The predicted octanol–water partition coefficient (Wildman–Crippen LogP) is 0.130. The molecule has 0 fully saturated rings. The monoisotopic (exact) mass is 258 g/mol. The van der Waals surface area contributed by atoms with Gasteiger partial charge >= 0.3 is 0 Å². The Morgan fingerprint density at radius 3 is 2.74 bits per heavy atom. The van der Waals surface area contributed by atoms with Crippen LogP contribution in [0.15, 0.2) is 36.8 Å². The molecular weight excluding hydrogens is 244 g/mol.